The molecule has 162 valence electrons. The van der Waals surface area contributed by atoms with Crippen LogP contribution in [0.25, 0.3) is 22.0 Å². The Bertz CT molecular complexity index is 1330. The van der Waals surface area contributed by atoms with Crippen molar-refractivity contribution in [1.29, 1.82) is 0 Å². The highest BCUT2D eigenvalue weighted by molar-refractivity contribution is 6.05. The first-order chi connectivity index (χ1) is 15.4. The van der Waals surface area contributed by atoms with Gasteiger partial charge in [-0.3, -0.25) is 4.79 Å². The molecule has 0 saturated carbocycles. The third kappa shape index (κ3) is 4.01. The number of urea groups is 1. The number of amides is 2. The normalized spacial score (nSPS) is 10.8. The summed E-state index contributed by atoms with van der Waals surface area (Å²) in [5.41, 5.74) is 15.2. The number of fused-ring (bicyclic) bond motifs is 1. The molecule has 0 aliphatic heterocycles. The fourth-order valence-electron chi connectivity index (χ4n) is 3.49. The van der Waals surface area contributed by atoms with Crippen molar-refractivity contribution in [2.75, 3.05) is 16.4 Å². The van der Waals surface area contributed by atoms with Gasteiger partial charge in [-0.1, -0.05) is 30.3 Å². The molecule has 3 aromatic carbocycles. The van der Waals surface area contributed by atoms with Gasteiger partial charge >= 0.3 is 6.03 Å². The summed E-state index contributed by atoms with van der Waals surface area (Å²) in [5, 5.41) is 9.96. The number of halogens is 1. The van der Waals surface area contributed by atoms with Crippen LogP contribution in [0.1, 0.15) is 17.3 Å². The van der Waals surface area contributed by atoms with E-state index in [4.69, 9.17) is 11.5 Å². The quantitative estimate of drug-likeness (QED) is 0.384. The van der Waals surface area contributed by atoms with Crippen molar-refractivity contribution >= 4 is 40.0 Å². The number of hydrogen-bond acceptors (Lipinski definition) is 5. The largest absolute Gasteiger partial charge is 0.382 e. The first kappa shape index (κ1) is 21.0. The van der Waals surface area contributed by atoms with Gasteiger partial charge in [0.05, 0.1) is 16.6 Å². The lowest BCUT2D eigenvalue weighted by atomic mass is 10.0. The highest BCUT2D eigenvalue weighted by Crippen LogP contribution is 2.33. The fraction of sp³-hybridized carbons (Fsp3) is 0.0870. The lowest BCUT2D eigenvalue weighted by Crippen LogP contribution is -2.20. The van der Waals surface area contributed by atoms with Gasteiger partial charge in [-0.2, -0.15) is 4.68 Å². The van der Waals surface area contributed by atoms with Gasteiger partial charge in [0, 0.05) is 19.2 Å². The van der Waals surface area contributed by atoms with Crippen molar-refractivity contribution in [2.24, 2.45) is 5.73 Å². The molecule has 1 heterocycles. The second kappa shape index (κ2) is 8.48. The molecule has 0 aliphatic carbocycles. The van der Waals surface area contributed by atoms with E-state index in [2.05, 4.69) is 15.7 Å². The van der Waals surface area contributed by atoms with E-state index in [1.807, 2.05) is 24.3 Å². The zero-order valence-corrected chi connectivity index (χ0v) is 17.2. The van der Waals surface area contributed by atoms with Gasteiger partial charge in [0.2, 0.25) is 5.91 Å². The van der Waals surface area contributed by atoms with Crippen molar-refractivity contribution in [3.05, 3.63) is 72.0 Å². The molecule has 4 rings (SSSR count). The minimum Gasteiger partial charge on any atom is -0.382 e. The Balaban J connectivity index is 1.55. The van der Waals surface area contributed by atoms with Gasteiger partial charge in [-0.25, -0.2) is 9.18 Å². The number of nitrogen functional groups attached to an aromatic ring is 1. The molecule has 0 bridgehead atoms. The fourth-order valence-corrected chi connectivity index (χ4v) is 3.49. The molecule has 4 aromatic rings. The number of nitrogens with one attached hydrogen (secondary N) is 2. The van der Waals surface area contributed by atoms with Gasteiger partial charge in [0.1, 0.15) is 5.82 Å². The van der Waals surface area contributed by atoms with E-state index >= 15 is 0 Å². The highest BCUT2D eigenvalue weighted by Gasteiger charge is 2.15. The molecule has 0 radical (unpaired) electrons. The second-order valence-corrected chi connectivity index (χ2v) is 7.19. The molecule has 0 aliphatic rings. The molecular formula is C23H21FN6O2. The van der Waals surface area contributed by atoms with Gasteiger partial charge < -0.3 is 22.1 Å². The first-order valence-corrected chi connectivity index (χ1v) is 9.82. The summed E-state index contributed by atoms with van der Waals surface area (Å²) in [6, 6.07) is 16.3. The SMILES string of the molecule is CC(=O)n1nc(N)c2c(-c3ccc(NC(=O)Nc4cc(CN)ccc4F)cc3)cccc21. The first-order valence-electron chi connectivity index (χ1n) is 9.82. The Morgan fingerprint density at radius 1 is 1.06 bits per heavy atom. The predicted octanol–water partition coefficient (Wildman–Crippen LogP) is 4.19. The third-order valence-electron chi connectivity index (χ3n) is 5.00. The smallest absolute Gasteiger partial charge is 0.323 e. The lowest BCUT2D eigenvalue weighted by molar-refractivity contribution is 0.0927. The standard InChI is InChI=1S/C23H21FN6O2/c1-13(31)30-20-4-2-3-17(21(20)22(26)29-30)15-6-8-16(9-7-15)27-23(32)28-19-11-14(12-25)5-10-18(19)24/h2-11H,12,25H2,1H3,(H2,26,29)(H2,27,28,32). The van der Waals surface area contributed by atoms with Crippen LogP contribution in [0.15, 0.2) is 60.7 Å². The monoisotopic (exact) mass is 432 g/mol. The molecule has 2 amide bonds. The van der Waals surface area contributed by atoms with Crippen molar-refractivity contribution in [3.63, 3.8) is 0 Å². The Labute approximate surface area is 183 Å². The molecule has 8 nitrogen and oxygen atoms in total. The van der Waals surface area contributed by atoms with Gasteiger partial charge in [0.25, 0.3) is 0 Å². The highest BCUT2D eigenvalue weighted by atomic mass is 19.1. The zero-order valence-electron chi connectivity index (χ0n) is 17.2. The summed E-state index contributed by atoms with van der Waals surface area (Å²) in [6.45, 7) is 1.66. The van der Waals surface area contributed by atoms with Crippen molar-refractivity contribution < 1.29 is 14.0 Å². The van der Waals surface area contributed by atoms with E-state index in [0.29, 0.717) is 22.2 Å². The van der Waals surface area contributed by atoms with Crippen LogP contribution in [0.2, 0.25) is 0 Å². The van der Waals surface area contributed by atoms with Crippen LogP contribution in [-0.4, -0.2) is 21.7 Å². The van der Waals surface area contributed by atoms with E-state index < -0.39 is 11.8 Å². The number of rotatable bonds is 4. The molecule has 1 aromatic heterocycles. The summed E-state index contributed by atoms with van der Waals surface area (Å²) in [4.78, 5) is 24.1. The minimum atomic E-state index is -0.583. The predicted molar refractivity (Wildman–Crippen MR) is 123 cm³/mol. The van der Waals surface area contributed by atoms with E-state index in [9.17, 15) is 14.0 Å². The second-order valence-electron chi connectivity index (χ2n) is 7.19. The number of carbonyl (C=O) groups is 2. The van der Waals surface area contributed by atoms with E-state index in [1.54, 1.807) is 24.3 Å². The molecule has 9 heteroatoms. The van der Waals surface area contributed by atoms with Crippen LogP contribution in [0.3, 0.4) is 0 Å². The molecule has 0 spiro atoms. The zero-order chi connectivity index (χ0) is 22.8. The Hall–Kier alpha value is -4.24. The molecule has 0 unspecified atom stereocenters. The molecule has 0 atom stereocenters. The average molecular weight is 432 g/mol. The molecule has 6 N–H and O–H groups in total. The maximum Gasteiger partial charge on any atom is 0.323 e. The molecule has 0 saturated heterocycles. The van der Waals surface area contributed by atoms with Gasteiger partial charge in [-0.15, -0.1) is 5.10 Å². The number of hydrogen-bond donors (Lipinski definition) is 4. The van der Waals surface area contributed by atoms with Gasteiger partial charge in [-0.05, 0) is 47.0 Å². The molecule has 32 heavy (non-hydrogen) atoms. The van der Waals surface area contributed by atoms with Crippen LogP contribution in [0.5, 0.6) is 0 Å². The van der Waals surface area contributed by atoms with Crippen molar-refractivity contribution in [1.82, 2.24) is 9.78 Å². The maximum absolute atomic E-state index is 13.9. The Morgan fingerprint density at radius 2 is 1.81 bits per heavy atom. The summed E-state index contributed by atoms with van der Waals surface area (Å²) >= 11 is 0. The van der Waals surface area contributed by atoms with E-state index in [1.165, 1.54) is 23.7 Å². The summed E-state index contributed by atoms with van der Waals surface area (Å²) in [7, 11) is 0. The summed E-state index contributed by atoms with van der Waals surface area (Å²) in [6.07, 6.45) is 0. The minimum absolute atomic E-state index is 0.0479. The molecular weight excluding hydrogens is 411 g/mol. The number of aromatic nitrogens is 2. The summed E-state index contributed by atoms with van der Waals surface area (Å²) < 4.78 is 15.2. The van der Waals surface area contributed by atoms with Crippen molar-refractivity contribution in [3.8, 4) is 11.1 Å². The number of nitrogens with zero attached hydrogens (tertiary/aromatic N) is 2. The van der Waals surface area contributed by atoms with Crippen LogP contribution in [-0.2, 0) is 6.54 Å². The van der Waals surface area contributed by atoms with Crippen molar-refractivity contribution in [2.45, 2.75) is 13.5 Å². The van der Waals surface area contributed by atoms with Gasteiger partial charge in [0.15, 0.2) is 5.82 Å². The lowest BCUT2D eigenvalue weighted by Gasteiger charge is -2.11. The Kier molecular flexibility index (Phi) is 5.57. The summed E-state index contributed by atoms with van der Waals surface area (Å²) in [5.74, 6) is -0.526. The van der Waals surface area contributed by atoms with Crippen LogP contribution < -0.4 is 22.1 Å². The van der Waals surface area contributed by atoms with Crippen LogP contribution >= 0.6 is 0 Å². The van der Waals surface area contributed by atoms with Crippen LogP contribution in [0, 0.1) is 5.82 Å². The topological polar surface area (TPSA) is 128 Å². The van der Waals surface area contributed by atoms with Crippen LogP contribution in [0.4, 0.5) is 26.4 Å². The van der Waals surface area contributed by atoms with E-state index in [0.717, 1.165) is 11.1 Å². The maximum atomic E-state index is 13.9. The number of benzene rings is 3. The molecule has 0 fully saturated rings. The number of anilines is 3. The number of nitrogens with two attached hydrogens (primary N) is 2. The van der Waals surface area contributed by atoms with E-state index in [-0.39, 0.29) is 24.0 Å². The average Bonchev–Trinajstić information content (AvgIpc) is 3.13. The third-order valence-corrected chi connectivity index (χ3v) is 5.00. The number of carbonyl (C=O) groups excluding carboxylic acids is 2. The Morgan fingerprint density at radius 3 is 2.50 bits per heavy atom.